The third kappa shape index (κ3) is 18.4. The fraction of sp³-hybridized carbons (Fsp3) is 1.00. The van der Waals surface area contributed by atoms with Crippen molar-refractivity contribution in [3.8, 4) is 0 Å². The number of unbranched alkanes of at least 4 members (excludes halogenated alkanes) is 2. The van der Waals surface area contributed by atoms with Gasteiger partial charge in [0.1, 0.15) is 0 Å². The van der Waals surface area contributed by atoms with E-state index in [4.69, 9.17) is 0 Å². The summed E-state index contributed by atoms with van der Waals surface area (Å²) in [6.07, 6.45) is 9.27. The molecule has 0 aromatic rings. The maximum absolute atomic E-state index is 10.4. The van der Waals surface area contributed by atoms with Crippen LogP contribution < -0.4 is 10.2 Å². The van der Waals surface area contributed by atoms with E-state index in [0.717, 1.165) is 25.7 Å². The van der Waals surface area contributed by atoms with Gasteiger partial charge in [-0.2, -0.15) is 0 Å². The molecule has 0 saturated heterocycles. The Morgan fingerprint density at radius 2 is 1.00 bits per heavy atom. The van der Waals surface area contributed by atoms with Crippen molar-refractivity contribution in [3.63, 3.8) is 0 Å². The van der Waals surface area contributed by atoms with E-state index in [1.54, 1.807) is 0 Å². The standard InChI is InChI=1S/2C8H17O.Ni/c2*1-3-5-6-8(4-2)7-9;/h2*8H,3-7H2,1-2H3;/q2*-1;+2. The first-order chi connectivity index (χ1) is 8.69. The third-order valence-corrected chi connectivity index (χ3v) is 3.56. The minimum Gasteiger partial charge on any atom is -0.854 e. The molecule has 0 aliphatic heterocycles. The van der Waals surface area contributed by atoms with Crippen molar-refractivity contribution in [2.75, 3.05) is 13.2 Å². The maximum Gasteiger partial charge on any atom is 2.00 e. The van der Waals surface area contributed by atoms with Crippen molar-refractivity contribution in [1.82, 2.24) is 0 Å². The molecule has 0 radical (unpaired) electrons. The van der Waals surface area contributed by atoms with Gasteiger partial charge in [-0.1, -0.05) is 90.9 Å². The summed E-state index contributed by atoms with van der Waals surface area (Å²) in [5.74, 6) is 0.898. The van der Waals surface area contributed by atoms with Gasteiger partial charge in [-0.25, -0.2) is 0 Å². The van der Waals surface area contributed by atoms with Crippen LogP contribution in [0.25, 0.3) is 0 Å². The zero-order chi connectivity index (χ0) is 14.2. The molecule has 0 spiro atoms. The van der Waals surface area contributed by atoms with Crippen molar-refractivity contribution >= 4 is 0 Å². The largest absolute Gasteiger partial charge is 2.00 e. The van der Waals surface area contributed by atoms with Crippen molar-refractivity contribution in [2.45, 2.75) is 79.1 Å². The fourth-order valence-corrected chi connectivity index (χ4v) is 1.80. The predicted octanol–water partition coefficient (Wildman–Crippen LogP) is 3.12. The fourth-order valence-electron chi connectivity index (χ4n) is 1.80. The molecule has 0 aliphatic rings. The number of hydrogen-bond donors (Lipinski definition) is 0. The minimum atomic E-state index is 0. The molecule has 120 valence electrons. The molecule has 2 atom stereocenters. The summed E-state index contributed by atoms with van der Waals surface area (Å²) in [6, 6.07) is 0. The van der Waals surface area contributed by atoms with Crippen LogP contribution in [-0.4, -0.2) is 13.2 Å². The monoisotopic (exact) mass is 316 g/mol. The van der Waals surface area contributed by atoms with Gasteiger partial charge in [0.2, 0.25) is 0 Å². The van der Waals surface area contributed by atoms with Gasteiger partial charge in [0, 0.05) is 0 Å². The quantitative estimate of drug-likeness (QED) is 0.581. The Kier molecular flexibility index (Phi) is 26.7. The van der Waals surface area contributed by atoms with E-state index in [1.807, 2.05) is 0 Å². The summed E-state index contributed by atoms with van der Waals surface area (Å²) in [5.41, 5.74) is 0. The van der Waals surface area contributed by atoms with Crippen LogP contribution in [0.4, 0.5) is 0 Å². The molecule has 0 rings (SSSR count). The summed E-state index contributed by atoms with van der Waals surface area (Å²) >= 11 is 0. The van der Waals surface area contributed by atoms with Crippen LogP contribution in [0.2, 0.25) is 0 Å². The molecule has 3 heteroatoms. The topological polar surface area (TPSA) is 46.1 Å². The normalized spacial score (nSPS) is 12.9. The first-order valence-corrected chi connectivity index (χ1v) is 7.86. The molecule has 0 bridgehead atoms. The molecular formula is C16H34NiO2. The summed E-state index contributed by atoms with van der Waals surface area (Å²) in [5, 5.41) is 20.7. The van der Waals surface area contributed by atoms with E-state index in [2.05, 4.69) is 27.7 Å². The van der Waals surface area contributed by atoms with Crippen molar-refractivity contribution in [3.05, 3.63) is 0 Å². The smallest absolute Gasteiger partial charge is 0.854 e. The Balaban J connectivity index is -0.000000256. The zero-order valence-electron chi connectivity index (χ0n) is 13.4. The van der Waals surface area contributed by atoms with Gasteiger partial charge in [-0.15, -0.1) is 13.2 Å². The van der Waals surface area contributed by atoms with Gasteiger partial charge in [0.15, 0.2) is 0 Å². The van der Waals surface area contributed by atoms with Crippen LogP contribution in [-0.2, 0) is 16.5 Å². The van der Waals surface area contributed by atoms with Crippen LogP contribution in [0.3, 0.4) is 0 Å². The molecule has 0 aromatic carbocycles. The van der Waals surface area contributed by atoms with E-state index in [9.17, 15) is 10.2 Å². The second-order valence-electron chi connectivity index (χ2n) is 5.17. The Labute approximate surface area is 131 Å². The third-order valence-electron chi connectivity index (χ3n) is 3.56. The van der Waals surface area contributed by atoms with E-state index < -0.39 is 0 Å². The molecule has 2 nitrogen and oxygen atoms in total. The molecule has 0 saturated carbocycles. The molecule has 0 amide bonds. The number of hydrogen-bond acceptors (Lipinski definition) is 2. The SMILES string of the molecule is CCCCC(CC)C[O-].CCCCC(CC)C[O-].[Ni+2]. The van der Waals surface area contributed by atoms with Gasteiger partial charge >= 0.3 is 16.5 Å². The second kappa shape index (κ2) is 20.7. The summed E-state index contributed by atoms with van der Waals surface area (Å²) in [7, 11) is 0. The first-order valence-electron chi connectivity index (χ1n) is 7.86. The van der Waals surface area contributed by atoms with E-state index >= 15 is 0 Å². The molecule has 0 aromatic heterocycles. The van der Waals surface area contributed by atoms with Gasteiger partial charge in [-0.05, 0) is 0 Å². The van der Waals surface area contributed by atoms with Gasteiger partial charge < -0.3 is 10.2 Å². The van der Waals surface area contributed by atoms with Crippen LogP contribution in [0, 0.1) is 11.8 Å². The summed E-state index contributed by atoms with van der Waals surface area (Å²) < 4.78 is 0. The summed E-state index contributed by atoms with van der Waals surface area (Å²) in [4.78, 5) is 0. The van der Waals surface area contributed by atoms with Crippen LogP contribution in [0.15, 0.2) is 0 Å². The Hall–Kier alpha value is 0.414. The van der Waals surface area contributed by atoms with E-state index in [1.165, 1.54) is 25.7 Å². The molecule has 19 heavy (non-hydrogen) atoms. The van der Waals surface area contributed by atoms with Crippen molar-refractivity contribution in [1.29, 1.82) is 0 Å². The number of rotatable bonds is 10. The van der Waals surface area contributed by atoms with E-state index in [0.29, 0.717) is 11.8 Å². The maximum atomic E-state index is 10.4. The second-order valence-corrected chi connectivity index (χ2v) is 5.17. The molecule has 0 fully saturated rings. The summed E-state index contributed by atoms with van der Waals surface area (Å²) in [6.45, 7) is 8.76. The van der Waals surface area contributed by atoms with Gasteiger partial charge in [0.25, 0.3) is 0 Å². The minimum absolute atomic E-state index is 0. The first kappa shape index (κ1) is 24.4. The molecule has 0 aliphatic carbocycles. The Bertz CT molecular complexity index is 119. The molecule has 2 unspecified atom stereocenters. The molecule has 0 heterocycles. The Morgan fingerprint density at radius 1 is 0.684 bits per heavy atom. The molecule has 0 N–H and O–H groups in total. The average molecular weight is 317 g/mol. The average Bonchev–Trinajstić information content (AvgIpc) is 2.42. The van der Waals surface area contributed by atoms with Gasteiger partial charge in [0.05, 0.1) is 0 Å². The van der Waals surface area contributed by atoms with E-state index in [-0.39, 0.29) is 29.7 Å². The predicted molar refractivity (Wildman–Crippen MR) is 76.3 cm³/mol. The van der Waals surface area contributed by atoms with Crippen LogP contribution >= 0.6 is 0 Å². The molecular weight excluding hydrogens is 283 g/mol. The Morgan fingerprint density at radius 3 is 1.16 bits per heavy atom. The van der Waals surface area contributed by atoms with Crippen LogP contribution in [0.5, 0.6) is 0 Å². The van der Waals surface area contributed by atoms with Crippen LogP contribution in [0.1, 0.15) is 79.1 Å². The van der Waals surface area contributed by atoms with Gasteiger partial charge in [-0.3, -0.25) is 0 Å². The zero-order valence-corrected chi connectivity index (χ0v) is 14.3. The van der Waals surface area contributed by atoms with Crippen molar-refractivity contribution in [2.24, 2.45) is 11.8 Å². The van der Waals surface area contributed by atoms with Crippen molar-refractivity contribution < 1.29 is 26.7 Å².